The number of anilines is 2. The van der Waals surface area contributed by atoms with Gasteiger partial charge in [0.15, 0.2) is 0 Å². The molecule has 0 spiro atoms. The van der Waals surface area contributed by atoms with E-state index in [0.717, 1.165) is 5.56 Å². The molecular formula is C15H13Cl2N3O3. The number of carbonyl (C=O) groups excluding carboxylic acids is 1. The van der Waals surface area contributed by atoms with Gasteiger partial charge in [-0.25, -0.2) is 4.79 Å². The number of urea groups is 1. The highest BCUT2D eigenvalue weighted by Crippen LogP contribution is 2.30. The Morgan fingerprint density at radius 3 is 2.39 bits per heavy atom. The van der Waals surface area contributed by atoms with E-state index in [1.165, 1.54) is 12.1 Å². The van der Waals surface area contributed by atoms with Crippen LogP contribution >= 0.6 is 23.2 Å². The highest BCUT2D eigenvalue weighted by molar-refractivity contribution is 6.42. The van der Waals surface area contributed by atoms with Gasteiger partial charge in [-0.2, -0.15) is 0 Å². The van der Waals surface area contributed by atoms with Crippen molar-refractivity contribution in [2.24, 2.45) is 0 Å². The Morgan fingerprint density at radius 2 is 1.78 bits per heavy atom. The lowest BCUT2D eigenvalue weighted by Gasteiger charge is -2.12. The van der Waals surface area contributed by atoms with Crippen LogP contribution in [0.1, 0.15) is 11.1 Å². The van der Waals surface area contributed by atoms with Crippen LogP contribution in [0.2, 0.25) is 10.0 Å². The van der Waals surface area contributed by atoms with Crippen LogP contribution in [0.15, 0.2) is 30.3 Å². The third kappa shape index (κ3) is 3.91. The quantitative estimate of drug-likeness (QED) is 0.590. The summed E-state index contributed by atoms with van der Waals surface area (Å²) in [5.41, 5.74) is 1.87. The fraction of sp³-hybridized carbons (Fsp3) is 0.133. The normalized spacial score (nSPS) is 10.3. The van der Waals surface area contributed by atoms with Gasteiger partial charge < -0.3 is 10.6 Å². The molecule has 2 amide bonds. The van der Waals surface area contributed by atoms with Crippen molar-refractivity contribution in [2.75, 3.05) is 10.6 Å². The molecule has 0 aliphatic heterocycles. The molecule has 0 fully saturated rings. The second-order valence-electron chi connectivity index (χ2n) is 4.87. The maximum atomic E-state index is 12.1. The summed E-state index contributed by atoms with van der Waals surface area (Å²) in [4.78, 5) is 22.7. The van der Waals surface area contributed by atoms with Gasteiger partial charge in [0.05, 0.1) is 15.0 Å². The standard InChI is InChI=1S/C15H13Cl2N3O3/c1-8-3-6-13(20(22)23)14(9(8)2)19-15(21)18-10-4-5-11(16)12(17)7-10/h3-7H,1-2H3,(H2,18,19,21). The van der Waals surface area contributed by atoms with E-state index in [4.69, 9.17) is 23.2 Å². The van der Waals surface area contributed by atoms with Gasteiger partial charge in [0, 0.05) is 11.8 Å². The van der Waals surface area contributed by atoms with Gasteiger partial charge in [-0.05, 0) is 43.2 Å². The Morgan fingerprint density at radius 1 is 1.09 bits per heavy atom. The first-order valence-electron chi connectivity index (χ1n) is 6.57. The molecule has 0 saturated carbocycles. The fourth-order valence-corrected chi connectivity index (χ4v) is 2.26. The Hall–Kier alpha value is -2.31. The van der Waals surface area contributed by atoms with Crippen molar-refractivity contribution in [1.29, 1.82) is 0 Å². The third-order valence-corrected chi connectivity index (χ3v) is 4.07. The van der Waals surface area contributed by atoms with Crippen molar-refractivity contribution in [3.8, 4) is 0 Å². The van der Waals surface area contributed by atoms with Crippen molar-refractivity contribution in [3.05, 3.63) is 61.6 Å². The number of nitrogens with one attached hydrogen (secondary N) is 2. The Balaban J connectivity index is 2.24. The maximum absolute atomic E-state index is 12.1. The smallest absolute Gasteiger partial charge is 0.308 e. The molecule has 2 N–H and O–H groups in total. The van der Waals surface area contributed by atoms with E-state index in [1.54, 1.807) is 32.0 Å². The second kappa shape index (κ2) is 6.85. The minimum atomic E-state index is -0.611. The molecule has 0 aliphatic rings. The van der Waals surface area contributed by atoms with Gasteiger partial charge in [0.25, 0.3) is 5.69 Å². The number of benzene rings is 2. The van der Waals surface area contributed by atoms with Gasteiger partial charge >= 0.3 is 6.03 Å². The Labute approximate surface area is 142 Å². The highest BCUT2D eigenvalue weighted by Gasteiger charge is 2.19. The van der Waals surface area contributed by atoms with Gasteiger partial charge in [0.1, 0.15) is 5.69 Å². The molecule has 0 atom stereocenters. The van der Waals surface area contributed by atoms with Crippen LogP contribution < -0.4 is 10.6 Å². The van der Waals surface area contributed by atoms with Gasteiger partial charge in [-0.1, -0.05) is 29.3 Å². The molecule has 0 saturated heterocycles. The number of nitro groups is 1. The van der Waals surface area contributed by atoms with Crippen molar-refractivity contribution < 1.29 is 9.72 Å². The SMILES string of the molecule is Cc1ccc([N+](=O)[O-])c(NC(=O)Nc2ccc(Cl)c(Cl)c2)c1C. The number of hydrogen-bond donors (Lipinski definition) is 2. The number of aryl methyl sites for hydroxylation is 1. The molecule has 0 aliphatic carbocycles. The average molecular weight is 354 g/mol. The monoisotopic (exact) mass is 353 g/mol. The van der Waals surface area contributed by atoms with E-state index < -0.39 is 11.0 Å². The van der Waals surface area contributed by atoms with Gasteiger partial charge in [-0.3, -0.25) is 10.1 Å². The van der Waals surface area contributed by atoms with E-state index in [9.17, 15) is 14.9 Å². The fourth-order valence-electron chi connectivity index (χ4n) is 1.96. The van der Waals surface area contributed by atoms with E-state index in [1.807, 2.05) is 0 Å². The lowest BCUT2D eigenvalue weighted by atomic mass is 10.1. The van der Waals surface area contributed by atoms with Crippen LogP contribution in [0, 0.1) is 24.0 Å². The average Bonchev–Trinajstić information content (AvgIpc) is 2.47. The molecule has 0 bridgehead atoms. The lowest BCUT2D eigenvalue weighted by molar-refractivity contribution is -0.384. The molecule has 2 aromatic rings. The summed E-state index contributed by atoms with van der Waals surface area (Å²) in [5.74, 6) is 0. The van der Waals surface area contributed by atoms with Gasteiger partial charge in [-0.15, -0.1) is 0 Å². The zero-order valence-electron chi connectivity index (χ0n) is 12.3. The first-order valence-corrected chi connectivity index (χ1v) is 7.33. The van der Waals surface area contributed by atoms with Crippen LogP contribution in [-0.4, -0.2) is 11.0 Å². The number of halogens is 2. The van der Waals surface area contributed by atoms with E-state index in [-0.39, 0.29) is 11.4 Å². The molecule has 0 unspecified atom stereocenters. The first kappa shape index (κ1) is 17.1. The lowest BCUT2D eigenvalue weighted by Crippen LogP contribution is -2.21. The van der Waals surface area contributed by atoms with Crippen molar-refractivity contribution in [3.63, 3.8) is 0 Å². The summed E-state index contributed by atoms with van der Waals surface area (Å²) in [6.07, 6.45) is 0. The third-order valence-electron chi connectivity index (χ3n) is 3.33. The van der Waals surface area contributed by atoms with Crippen molar-refractivity contribution in [2.45, 2.75) is 13.8 Å². The largest absolute Gasteiger partial charge is 0.323 e. The number of hydrogen-bond acceptors (Lipinski definition) is 3. The van der Waals surface area contributed by atoms with Crippen LogP contribution in [0.25, 0.3) is 0 Å². The molecule has 2 aromatic carbocycles. The number of nitrogens with zero attached hydrogens (tertiary/aromatic N) is 1. The second-order valence-corrected chi connectivity index (χ2v) is 5.68. The summed E-state index contributed by atoms with van der Waals surface area (Å²) in [5, 5.41) is 16.8. The zero-order valence-corrected chi connectivity index (χ0v) is 13.8. The number of amides is 2. The van der Waals surface area contributed by atoms with Gasteiger partial charge in [0.2, 0.25) is 0 Å². The minimum absolute atomic E-state index is 0.160. The molecular weight excluding hydrogens is 341 g/mol. The van der Waals surface area contributed by atoms with Crippen molar-refractivity contribution >= 4 is 46.3 Å². The summed E-state index contributed by atoms with van der Waals surface area (Å²) in [7, 11) is 0. The van der Waals surface area contributed by atoms with Crippen molar-refractivity contribution in [1.82, 2.24) is 0 Å². The van der Waals surface area contributed by atoms with Crippen LogP contribution in [0.3, 0.4) is 0 Å². The Bertz CT molecular complexity index is 794. The number of rotatable bonds is 3. The minimum Gasteiger partial charge on any atom is -0.308 e. The summed E-state index contributed by atoms with van der Waals surface area (Å²) in [6, 6.07) is 6.99. The van der Waals surface area contributed by atoms with Crippen LogP contribution in [0.5, 0.6) is 0 Å². The first-order chi connectivity index (χ1) is 10.8. The molecule has 0 aromatic heterocycles. The molecule has 2 rings (SSSR count). The topological polar surface area (TPSA) is 84.3 Å². The molecule has 120 valence electrons. The summed E-state index contributed by atoms with van der Waals surface area (Å²) in [6.45, 7) is 3.51. The maximum Gasteiger partial charge on any atom is 0.323 e. The predicted molar refractivity (Wildman–Crippen MR) is 91.7 cm³/mol. The summed E-state index contributed by atoms with van der Waals surface area (Å²) < 4.78 is 0. The molecule has 0 radical (unpaired) electrons. The number of carbonyl (C=O) groups is 1. The van der Waals surface area contributed by atoms with E-state index in [2.05, 4.69) is 10.6 Å². The molecule has 6 nitrogen and oxygen atoms in total. The van der Waals surface area contributed by atoms with Crippen LogP contribution in [-0.2, 0) is 0 Å². The van der Waals surface area contributed by atoms with E-state index in [0.29, 0.717) is 21.3 Å². The number of nitro benzene ring substituents is 1. The highest BCUT2D eigenvalue weighted by atomic mass is 35.5. The molecule has 8 heteroatoms. The van der Waals surface area contributed by atoms with E-state index >= 15 is 0 Å². The zero-order chi connectivity index (χ0) is 17.1. The Kier molecular flexibility index (Phi) is 5.08. The molecule has 23 heavy (non-hydrogen) atoms. The molecule has 0 heterocycles. The summed E-state index contributed by atoms with van der Waals surface area (Å²) >= 11 is 11.7. The van der Waals surface area contributed by atoms with Crippen LogP contribution in [0.4, 0.5) is 21.9 Å². The predicted octanol–water partition coefficient (Wildman–Crippen LogP) is 5.16.